The van der Waals surface area contributed by atoms with E-state index in [1.807, 2.05) is 30.3 Å². The molecule has 6 nitrogen and oxygen atoms in total. The van der Waals surface area contributed by atoms with E-state index in [4.69, 9.17) is 4.42 Å². The van der Waals surface area contributed by atoms with Crippen molar-refractivity contribution in [1.82, 2.24) is 9.78 Å². The number of nitrogens with zero attached hydrogens (tertiary/aromatic N) is 3. The number of para-hydroxylation sites is 1. The third-order valence-electron chi connectivity index (χ3n) is 4.07. The topological polar surface area (TPSA) is 68.3 Å². The van der Waals surface area contributed by atoms with Crippen molar-refractivity contribution in [2.24, 2.45) is 0 Å². The molecule has 2 heterocycles. The van der Waals surface area contributed by atoms with E-state index in [1.165, 1.54) is 21.9 Å². The Morgan fingerprint density at radius 3 is 2.44 bits per heavy atom. The van der Waals surface area contributed by atoms with Crippen LogP contribution >= 0.6 is 0 Å². The van der Waals surface area contributed by atoms with Crippen molar-refractivity contribution >= 4 is 11.6 Å². The number of hydrogen-bond acceptors (Lipinski definition) is 4. The lowest BCUT2D eigenvalue weighted by Gasteiger charge is -2.30. The second-order valence-electron chi connectivity index (χ2n) is 6.20. The molecule has 1 aromatic carbocycles. The molecular formula is C19H19N3O3. The summed E-state index contributed by atoms with van der Waals surface area (Å²) >= 11 is 0. The van der Waals surface area contributed by atoms with E-state index in [1.54, 1.807) is 39.1 Å². The first-order valence-electron chi connectivity index (χ1n) is 7.89. The van der Waals surface area contributed by atoms with Gasteiger partial charge in [-0.25, -0.2) is 4.68 Å². The zero-order valence-electron chi connectivity index (χ0n) is 14.3. The third-order valence-corrected chi connectivity index (χ3v) is 4.07. The van der Waals surface area contributed by atoms with E-state index >= 15 is 0 Å². The Kier molecular flexibility index (Phi) is 4.27. The van der Waals surface area contributed by atoms with Crippen LogP contribution in [0.4, 0.5) is 5.69 Å². The molecule has 0 saturated heterocycles. The van der Waals surface area contributed by atoms with Gasteiger partial charge in [-0.2, -0.15) is 5.10 Å². The molecule has 0 atom stereocenters. The van der Waals surface area contributed by atoms with Crippen LogP contribution in [0, 0.1) is 0 Å². The molecule has 0 N–H and O–H groups in total. The van der Waals surface area contributed by atoms with Crippen molar-refractivity contribution in [2.45, 2.75) is 19.4 Å². The molecule has 0 unspecified atom stereocenters. The molecule has 0 radical (unpaired) electrons. The predicted molar refractivity (Wildman–Crippen MR) is 95.4 cm³/mol. The summed E-state index contributed by atoms with van der Waals surface area (Å²) in [5, 5.41) is 4.35. The van der Waals surface area contributed by atoms with Gasteiger partial charge in [0.2, 0.25) is 0 Å². The highest BCUT2D eigenvalue weighted by Crippen LogP contribution is 2.22. The highest BCUT2D eigenvalue weighted by atomic mass is 16.3. The van der Waals surface area contributed by atoms with Crippen LogP contribution in [-0.4, -0.2) is 22.7 Å². The van der Waals surface area contributed by atoms with Crippen LogP contribution in [0.15, 0.2) is 70.1 Å². The van der Waals surface area contributed by atoms with Gasteiger partial charge in [0, 0.05) is 18.8 Å². The first-order valence-corrected chi connectivity index (χ1v) is 7.89. The minimum absolute atomic E-state index is 0.245. The molecule has 1 amide bonds. The fourth-order valence-electron chi connectivity index (χ4n) is 2.64. The molecule has 25 heavy (non-hydrogen) atoms. The van der Waals surface area contributed by atoms with Crippen molar-refractivity contribution < 1.29 is 9.21 Å². The number of anilines is 1. The largest absolute Gasteiger partial charge is 0.463 e. The van der Waals surface area contributed by atoms with Gasteiger partial charge in [-0.1, -0.05) is 18.2 Å². The molecule has 2 aromatic heterocycles. The Balaban J connectivity index is 2.00. The molecule has 6 heteroatoms. The SMILES string of the molecule is CN(C(=O)C(C)(C)n1nc(-c2ccco2)ccc1=O)c1ccccc1. The van der Waals surface area contributed by atoms with Crippen LogP contribution in [0.1, 0.15) is 13.8 Å². The molecule has 0 aliphatic heterocycles. The standard InChI is InChI=1S/C19H19N3O3/c1-19(2,18(24)21(3)14-8-5-4-6-9-14)22-17(23)12-11-15(20-22)16-10-7-13-25-16/h4-13H,1-3H3. The second kappa shape index (κ2) is 6.39. The van der Waals surface area contributed by atoms with E-state index < -0.39 is 5.54 Å². The summed E-state index contributed by atoms with van der Waals surface area (Å²) in [6.45, 7) is 3.35. The van der Waals surface area contributed by atoms with Crippen LogP contribution in [0.25, 0.3) is 11.5 Å². The monoisotopic (exact) mass is 337 g/mol. The Labute approximate surface area is 145 Å². The maximum atomic E-state index is 13.0. The maximum absolute atomic E-state index is 13.0. The summed E-state index contributed by atoms with van der Waals surface area (Å²) < 4.78 is 6.53. The van der Waals surface area contributed by atoms with Gasteiger partial charge < -0.3 is 9.32 Å². The normalized spacial score (nSPS) is 11.3. The van der Waals surface area contributed by atoms with Crippen LogP contribution in [-0.2, 0) is 10.3 Å². The number of furan rings is 1. The van der Waals surface area contributed by atoms with Crippen molar-refractivity contribution in [3.8, 4) is 11.5 Å². The Bertz CT molecular complexity index is 928. The van der Waals surface area contributed by atoms with E-state index in [-0.39, 0.29) is 11.5 Å². The van der Waals surface area contributed by atoms with E-state index in [2.05, 4.69) is 5.10 Å². The van der Waals surface area contributed by atoms with Gasteiger partial charge in [0.1, 0.15) is 11.2 Å². The molecule has 0 saturated carbocycles. The van der Waals surface area contributed by atoms with Gasteiger partial charge in [0.05, 0.1) is 6.26 Å². The zero-order valence-corrected chi connectivity index (χ0v) is 14.3. The maximum Gasteiger partial charge on any atom is 0.267 e. The van der Waals surface area contributed by atoms with Crippen molar-refractivity contribution in [1.29, 1.82) is 0 Å². The fourth-order valence-corrected chi connectivity index (χ4v) is 2.64. The molecule has 3 aromatic rings. The van der Waals surface area contributed by atoms with Gasteiger partial charge in [-0.15, -0.1) is 0 Å². The molecule has 0 aliphatic rings. The molecule has 0 bridgehead atoms. The molecule has 0 aliphatic carbocycles. The van der Waals surface area contributed by atoms with Crippen LogP contribution in [0.2, 0.25) is 0 Å². The number of hydrogen-bond donors (Lipinski definition) is 0. The van der Waals surface area contributed by atoms with Gasteiger partial charge in [-0.3, -0.25) is 9.59 Å². The lowest BCUT2D eigenvalue weighted by atomic mass is 10.0. The second-order valence-corrected chi connectivity index (χ2v) is 6.20. The number of rotatable bonds is 4. The minimum Gasteiger partial charge on any atom is -0.463 e. The number of carbonyl (C=O) groups is 1. The number of benzene rings is 1. The number of likely N-dealkylation sites (N-methyl/N-ethyl adjacent to an activating group) is 1. The van der Waals surface area contributed by atoms with Crippen LogP contribution in [0.5, 0.6) is 0 Å². The lowest BCUT2D eigenvalue weighted by molar-refractivity contribution is -0.126. The summed E-state index contributed by atoms with van der Waals surface area (Å²) in [4.78, 5) is 26.9. The smallest absolute Gasteiger partial charge is 0.267 e. The molecule has 0 fully saturated rings. The summed E-state index contributed by atoms with van der Waals surface area (Å²) in [5.74, 6) is 0.290. The first-order chi connectivity index (χ1) is 11.9. The summed E-state index contributed by atoms with van der Waals surface area (Å²) in [5.41, 5.74) is -0.275. The third kappa shape index (κ3) is 3.10. The van der Waals surface area contributed by atoms with Gasteiger partial charge in [0.15, 0.2) is 5.76 Å². The minimum atomic E-state index is -1.16. The number of amides is 1. The summed E-state index contributed by atoms with van der Waals surface area (Å²) in [6, 6.07) is 15.7. The number of aromatic nitrogens is 2. The Hall–Kier alpha value is -3.15. The van der Waals surface area contributed by atoms with Crippen molar-refractivity contribution in [2.75, 3.05) is 11.9 Å². The van der Waals surface area contributed by atoms with Gasteiger partial charge in [0.25, 0.3) is 11.5 Å². The fraction of sp³-hybridized carbons (Fsp3) is 0.211. The quantitative estimate of drug-likeness (QED) is 0.734. The van der Waals surface area contributed by atoms with Crippen LogP contribution < -0.4 is 10.5 Å². The molecule has 0 spiro atoms. The van der Waals surface area contributed by atoms with Gasteiger partial charge >= 0.3 is 0 Å². The highest BCUT2D eigenvalue weighted by molar-refractivity contribution is 5.97. The highest BCUT2D eigenvalue weighted by Gasteiger charge is 2.35. The average Bonchev–Trinajstić information content (AvgIpc) is 3.16. The van der Waals surface area contributed by atoms with Gasteiger partial charge in [-0.05, 0) is 44.2 Å². The van der Waals surface area contributed by atoms with E-state index in [0.29, 0.717) is 11.5 Å². The predicted octanol–water partition coefficient (Wildman–Crippen LogP) is 2.90. The van der Waals surface area contributed by atoms with E-state index in [9.17, 15) is 9.59 Å². The molecular weight excluding hydrogens is 318 g/mol. The molecule has 128 valence electrons. The Morgan fingerprint density at radius 1 is 1.08 bits per heavy atom. The van der Waals surface area contributed by atoms with E-state index in [0.717, 1.165) is 5.69 Å². The zero-order chi connectivity index (χ0) is 18.0. The number of carbonyl (C=O) groups excluding carboxylic acids is 1. The molecule has 3 rings (SSSR count). The Morgan fingerprint density at radius 2 is 1.80 bits per heavy atom. The summed E-state index contributed by atoms with van der Waals surface area (Å²) in [6.07, 6.45) is 1.53. The van der Waals surface area contributed by atoms with Crippen LogP contribution in [0.3, 0.4) is 0 Å². The van der Waals surface area contributed by atoms with Crippen molar-refractivity contribution in [3.63, 3.8) is 0 Å². The first kappa shape index (κ1) is 16.7. The summed E-state index contributed by atoms with van der Waals surface area (Å²) in [7, 11) is 1.68. The van der Waals surface area contributed by atoms with Crippen molar-refractivity contribution in [3.05, 3.63) is 71.2 Å². The lowest BCUT2D eigenvalue weighted by Crippen LogP contribution is -2.50. The average molecular weight is 337 g/mol.